The van der Waals surface area contributed by atoms with Crippen LogP contribution in [0.25, 0.3) is 0 Å². The van der Waals surface area contributed by atoms with Gasteiger partial charge in [0, 0.05) is 48.8 Å². The molecule has 0 bridgehead atoms. The van der Waals surface area contributed by atoms with Gasteiger partial charge in [0.05, 0.1) is 10.6 Å². The van der Waals surface area contributed by atoms with Gasteiger partial charge in [-0.05, 0) is 30.3 Å². The molecule has 1 saturated heterocycles. The fourth-order valence-electron chi connectivity index (χ4n) is 3.09. The highest BCUT2D eigenvalue weighted by atomic mass is 35.5. The molecule has 0 radical (unpaired) electrons. The van der Waals surface area contributed by atoms with Crippen molar-refractivity contribution in [2.75, 3.05) is 39.3 Å². The summed E-state index contributed by atoms with van der Waals surface area (Å²) in [4.78, 5) is 16.1. The molecule has 5 nitrogen and oxygen atoms in total. The lowest BCUT2D eigenvalue weighted by molar-refractivity contribution is 0.0402. The molecule has 9 heteroatoms. The van der Waals surface area contributed by atoms with Crippen molar-refractivity contribution in [1.82, 2.24) is 9.80 Å². The largest absolute Gasteiger partial charge is 0.489 e. The topological polar surface area (TPSA) is 53.0 Å². The number of nitrogens with zero attached hydrogens (tertiary/aromatic N) is 2. The lowest BCUT2D eigenvalue weighted by Crippen LogP contribution is -2.51. The molecule has 1 aliphatic heterocycles. The van der Waals surface area contributed by atoms with Crippen LogP contribution in [0.2, 0.25) is 15.1 Å². The van der Waals surface area contributed by atoms with Gasteiger partial charge in [-0.15, -0.1) is 0 Å². The Bertz CT molecular complexity index is 876. The quantitative estimate of drug-likeness (QED) is 0.707. The highest BCUT2D eigenvalue weighted by molar-refractivity contribution is 6.34. The average molecular weight is 462 g/mol. The summed E-state index contributed by atoms with van der Waals surface area (Å²) in [5.41, 5.74) is 0.00897. The number of hydrogen-bond acceptors (Lipinski definition) is 4. The number of ether oxygens (including phenoxy) is 1. The van der Waals surface area contributed by atoms with Gasteiger partial charge in [0.2, 0.25) is 0 Å². The Morgan fingerprint density at radius 3 is 2.41 bits per heavy atom. The third-order valence-electron chi connectivity index (χ3n) is 4.61. The first kappa shape index (κ1) is 22.1. The van der Waals surface area contributed by atoms with Crippen molar-refractivity contribution in [3.05, 3.63) is 62.8 Å². The zero-order valence-corrected chi connectivity index (χ0v) is 17.7. The zero-order valence-electron chi connectivity index (χ0n) is 15.5. The smallest absolute Gasteiger partial charge is 0.256 e. The van der Waals surface area contributed by atoms with Gasteiger partial charge in [-0.2, -0.15) is 0 Å². The standard InChI is InChI=1S/C20H20Cl3FN2O3/c21-13-1-3-16(18(24)9-13)20(28)26-7-5-25(6-8-26)11-15(27)12-29-19-10-14(22)2-4-17(19)23/h1-4,9-10,15,27H,5-8,11-12H2. The van der Waals surface area contributed by atoms with E-state index in [2.05, 4.69) is 0 Å². The predicted octanol–water partition coefficient (Wildman–Crippen LogP) is 3.98. The second-order valence-electron chi connectivity index (χ2n) is 6.76. The number of aliphatic hydroxyl groups excluding tert-OH is 1. The molecule has 1 aliphatic rings. The molecular weight excluding hydrogens is 442 g/mol. The number of rotatable bonds is 6. The van der Waals surface area contributed by atoms with E-state index in [9.17, 15) is 14.3 Å². The second kappa shape index (κ2) is 9.96. The molecule has 1 unspecified atom stereocenters. The Hall–Kier alpha value is -1.57. The van der Waals surface area contributed by atoms with Crippen LogP contribution < -0.4 is 4.74 Å². The molecule has 1 heterocycles. The maximum absolute atomic E-state index is 14.0. The van der Waals surface area contributed by atoms with Crippen LogP contribution in [0.4, 0.5) is 4.39 Å². The Labute approximate surface area is 183 Å². The van der Waals surface area contributed by atoms with Gasteiger partial charge in [0.15, 0.2) is 0 Å². The number of carbonyl (C=O) groups is 1. The third-order valence-corrected chi connectivity index (χ3v) is 5.40. The van der Waals surface area contributed by atoms with Gasteiger partial charge < -0.3 is 14.7 Å². The van der Waals surface area contributed by atoms with E-state index in [1.54, 1.807) is 23.1 Å². The number of carbonyl (C=O) groups excluding carboxylic acids is 1. The van der Waals surface area contributed by atoms with Crippen molar-refractivity contribution in [2.24, 2.45) is 0 Å². The molecule has 0 aliphatic carbocycles. The Kier molecular flexibility index (Phi) is 7.60. The van der Waals surface area contributed by atoms with Gasteiger partial charge in [0.25, 0.3) is 5.91 Å². The minimum Gasteiger partial charge on any atom is -0.489 e. The van der Waals surface area contributed by atoms with Gasteiger partial charge >= 0.3 is 0 Å². The van der Waals surface area contributed by atoms with Gasteiger partial charge in [0.1, 0.15) is 24.3 Å². The normalized spacial score (nSPS) is 16.0. The van der Waals surface area contributed by atoms with Crippen LogP contribution in [0.3, 0.4) is 0 Å². The molecule has 0 aromatic heterocycles. The van der Waals surface area contributed by atoms with E-state index in [0.29, 0.717) is 48.5 Å². The van der Waals surface area contributed by atoms with Gasteiger partial charge in [-0.1, -0.05) is 34.8 Å². The predicted molar refractivity (Wildman–Crippen MR) is 112 cm³/mol. The number of β-amino-alcohol motifs (C(OH)–C–C–N with tert-alkyl or cyclic N) is 1. The highest BCUT2D eigenvalue weighted by Crippen LogP contribution is 2.27. The molecule has 1 fully saturated rings. The van der Waals surface area contributed by atoms with Crippen molar-refractivity contribution in [3.8, 4) is 5.75 Å². The van der Waals surface area contributed by atoms with Crippen LogP contribution in [-0.2, 0) is 0 Å². The molecule has 29 heavy (non-hydrogen) atoms. The van der Waals surface area contributed by atoms with Crippen molar-refractivity contribution in [1.29, 1.82) is 0 Å². The van der Waals surface area contributed by atoms with Crippen molar-refractivity contribution in [3.63, 3.8) is 0 Å². The highest BCUT2D eigenvalue weighted by Gasteiger charge is 2.25. The fraction of sp³-hybridized carbons (Fsp3) is 0.350. The van der Waals surface area contributed by atoms with Crippen molar-refractivity contribution >= 4 is 40.7 Å². The Morgan fingerprint density at radius 1 is 1.07 bits per heavy atom. The van der Waals surface area contributed by atoms with E-state index in [4.69, 9.17) is 39.5 Å². The second-order valence-corrected chi connectivity index (χ2v) is 8.04. The SMILES string of the molecule is O=C(c1ccc(Cl)cc1F)N1CCN(CC(O)COc2cc(Cl)ccc2Cl)CC1. The summed E-state index contributed by atoms with van der Waals surface area (Å²) in [5, 5.41) is 11.4. The molecule has 1 atom stereocenters. The fourth-order valence-corrected chi connectivity index (χ4v) is 3.58. The van der Waals surface area contributed by atoms with Gasteiger partial charge in [-0.3, -0.25) is 9.69 Å². The number of benzene rings is 2. The maximum Gasteiger partial charge on any atom is 0.256 e. The summed E-state index contributed by atoms with van der Waals surface area (Å²) in [6, 6.07) is 8.91. The van der Waals surface area contributed by atoms with Crippen LogP contribution in [0.5, 0.6) is 5.75 Å². The zero-order chi connectivity index (χ0) is 21.0. The van der Waals surface area contributed by atoms with E-state index in [0.717, 1.165) is 6.07 Å². The molecule has 3 rings (SSSR count). The maximum atomic E-state index is 14.0. The molecule has 2 aromatic rings. The average Bonchev–Trinajstić information content (AvgIpc) is 2.69. The molecule has 156 valence electrons. The first-order valence-corrected chi connectivity index (χ1v) is 10.2. The Balaban J connectivity index is 1.46. The summed E-state index contributed by atoms with van der Waals surface area (Å²) >= 11 is 17.7. The number of halogens is 4. The van der Waals surface area contributed by atoms with Crippen LogP contribution in [0.15, 0.2) is 36.4 Å². The lowest BCUT2D eigenvalue weighted by Gasteiger charge is -2.35. The van der Waals surface area contributed by atoms with Crippen molar-refractivity contribution in [2.45, 2.75) is 6.10 Å². The van der Waals surface area contributed by atoms with E-state index in [1.165, 1.54) is 12.1 Å². The summed E-state index contributed by atoms with van der Waals surface area (Å²) in [7, 11) is 0. The molecule has 2 aromatic carbocycles. The van der Waals surface area contributed by atoms with Crippen LogP contribution in [0.1, 0.15) is 10.4 Å². The molecule has 1 N–H and O–H groups in total. The van der Waals surface area contributed by atoms with Crippen LogP contribution in [0, 0.1) is 5.82 Å². The molecule has 0 saturated carbocycles. The minimum atomic E-state index is -0.735. The van der Waals surface area contributed by atoms with Crippen LogP contribution in [-0.4, -0.2) is 66.2 Å². The number of aliphatic hydroxyl groups is 1. The van der Waals surface area contributed by atoms with E-state index < -0.39 is 11.9 Å². The van der Waals surface area contributed by atoms with Gasteiger partial charge in [-0.25, -0.2) is 4.39 Å². The summed E-state index contributed by atoms with van der Waals surface area (Å²) < 4.78 is 19.5. The number of amides is 1. The number of piperazine rings is 1. The molecule has 1 amide bonds. The molecule has 0 spiro atoms. The first-order chi connectivity index (χ1) is 13.8. The number of hydrogen-bond donors (Lipinski definition) is 1. The monoisotopic (exact) mass is 460 g/mol. The summed E-state index contributed by atoms with van der Waals surface area (Å²) in [6.45, 7) is 2.46. The Morgan fingerprint density at radius 2 is 1.72 bits per heavy atom. The minimum absolute atomic E-state index is 0.00897. The first-order valence-electron chi connectivity index (χ1n) is 9.06. The van der Waals surface area contributed by atoms with Crippen molar-refractivity contribution < 1.29 is 19.0 Å². The van der Waals surface area contributed by atoms with E-state index in [1.807, 2.05) is 4.90 Å². The molecular formula is C20H20Cl3FN2O3. The van der Waals surface area contributed by atoms with Crippen LogP contribution >= 0.6 is 34.8 Å². The third kappa shape index (κ3) is 5.96. The summed E-state index contributed by atoms with van der Waals surface area (Å²) in [6.07, 6.45) is -0.735. The summed E-state index contributed by atoms with van der Waals surface area (Å²) in [5.74, 6) is -0.575. The van der Waals surface area contributed by atoms with E-state index in [-0.39, 0.29) is 23.1 Å². The lowest BCUT2D eigenvalue weighted by atomic mass is 10.1. The van der Waals surface area contributed by atoms with E-state index >= 15 is 0 Å².